The molecule has 94 valence electrons. The summed E-state index contributed by atoms with van der Waals surface area (Å²) in [6.07, 6.45) is 3.16. The van der Waals surface area contributed by atoms with Gasteiger partial charge in [-0.05, 0) is 25.1 Å². The Kier molecular flexibility index (Phi) is 5.42. The first-order chi connectivity index (χ1) is 8.13. The van der Waals surface area contributed by atoms with Gasteiger partial charge < -0.3 is 15.8 Å². The highest BCUT2D eigenvalue weighted by molar-refractivity contribution is 5.83. The fourth-order valence-corrected chi connectivity index (χ4v) is 1.68. The topological polar surface area (TPSA) is 96.2 Å². The predicted octanol–water partition coefficient (Wildman–Crippen LogP) is 0.956. The van der Waals surface area contributed by atoms with Crippen molar-refractivity contribution in [3.8, 4) is 0 Å². The van der Waals surface area contributed by atoms with E-state index in [2.05, 4.69) is 4.98 Å². The molecule has 0 aliphatic carbocycles. The fraction of sp³-hybridized carbons (Fsp3) is 0.500. The van der Waals surface area contributed by atoms with Crippen LogP contribution in [0.4, 0.5) is 0 Å². The van der Waals surface area contributed by atoms with Crippen molar-refractivity contribution in [2.45, 2.75) is 25.7 Å². The van der Waals surface area contributed by atoms with E-state index in [1.54, 1.807) is 6.20 Å². The minimum Gasteiger partial charge on any atom is -0.481 e. The van der Waals surface area contributed by atoms with Gasteiger partial charge in [-0.2, -0.15) is 0 Å². The Balaban J connectivity index is 2.49. The maximum absolute atomic E-state index is 11.5. The van der Waals surface area contributed by atoms with E-state index in [1.807, 2.05) is 12.1 Å². The lowest BCUT2D eigenvalue weighted by atomic mass is 9.95. The van der Waals surface area contributed by atoms with Crippen molar-refractivity contribution < 1.29 is 14.7 Å². The first kappa shape index (κ1) is 13.4. The molecule has 0 amide bonds. The average Bonchev–Trinajstić information content (AvgIpc) is 2.78. The summed E-state index contributed by atoms with van der Waals surface area (Å²) in [5.74, 6) is -1.62. The van der Waals surface area contributed by atoms with Crippen LogP contribution in [0.1, 0.15) is 25.0 Å². The number of carbonyl (C=O) groups is 2. The minimum atomic E-state index is -0.930. The van der Waals surface area contributed by atoms with Crippen molar-refractivity contribution in [1.82, 2.24) is 4.98 Å². The second kappa shape index (κ2) is 6.85. The molecule has 1 unspecified atom stereocenters. The van der Waals surface area contributed by atoms with Crippen molar-refractivity contribution >= 4 is 11.8 Å². The molecule has 5 nitrogen and oxygen atoms in total. The van der Waals surface area contributed by atoms with Crippen molar-refractivity contribution in [3.05, 3.63) is 24.0 Å². The van der Waals surface area contributed by atoms with Gasteiger partial charge in [-0.25, -0.2) is 0 Å². The monoisotopic (exact) mass is 238 g/mol. The zero-order valence-corrected chi connectivity index (χ0v) is 9.69. The SMILES string of the molecule is NCCCC(=O)CC(Cc1ccc[nH]1)C(=O)O. The minimum absolute atomic E-state index is 0.0330. The molecule has 0 bridgehead atoms. The van der Waals surface area contributed by atoms with Gasteiger partial charge in [-0.1, -0.05) is 0 Å². The molecule has 17 heavy (non-hydrogen) atoms. The highest BCUT2D eigenvalue weighted by atomic mass is 16.4. The van der Waals surface area contributed by atoms with Crippen molar-refractivity contribution in [2.24, 2.45) is 11.7 Å². The van der Waals surface area contributed by atoms with Crippen LogP contribution in [-0.2, 0) is 16.0 Å². The fourth-order valence-electron chi connectivity index (χ4n) is 1.68. The highest BCUT2D eigenvalue weighted by Gasteiger charge is 2.21. The van der Waals surface area contributed by atoms with Gasteiger partial charge in [-0.3, -0.25) is 9.59 Å². The predicted molar refractivity (Wildman–Crippen MR) is 63.5 cm³/mol. The number of carbonyl (C=O) groups excluding carboxylic acids is 1. The number of rotatable bonds is 8. The van der Waals surface area contributed by atoms with Gasteiger partial charge in [0.25, 0.3) is 0 Å². The normalized spacial score (nSPS) is 12.3. The molecule has 0 aliphatic rings. The summed E-state index contributed by atoms with van der Waals surface area (Å²) in [5.41, 5.74) is 6.14. The summed E-state index contributed by atoms with van der Waals surface area (Å²) >= 11 is 0. The average molecular weight is 238 g/mol. The number of H-pyrrole nitrogens is 1. The number of hydrogen-bond donors (Lipinski definition) is 3. The molecule has 0 aliphatic heterocycles. The summed E-state index contributed by atoms with van der Waals surface area (Å²) in [7, 11) is 0. The smallest absolute Gasteiger partial charge is 0.307 e. The molecule has 4 N–H and O–H groups in total. The van der Waals surface area contributed by atoms with Crippen LogP contribution in [0.15, 0.2) is 18.3 Å². The third-order valence-corrected chi connectivity index (χ3v) is 2.61. The van der Waals surface area contributed by atoms with E-state index >= 15 is 0 Å². The summed E-state index contributed by atoms with van der Waals surface area (Å²) < 4.78 is 0. The number of aromatic nitrogens is 1. The lowest BCUT2D eigenvalue weighted by Gasteiger charge is -2.10. The molecule has 0 spiro atoms. The van der Waals surface area contributed by atoms with Gasteiger partial charge in [0.15, 0.2) is 0 Å². The van der Waals surface area contributed by atoms with Gasteiger partial charge in [0.2, 0.25) is 0 Å². The largest absolute Gasteiger partial charge is 0.481 e. The molecule has 1 aromatic heterocycles. The standard InChI is InChI=1S/C12H18N2O3/c13-5-1-4-11(15)8-9(12(16)17)7-10-3-2-6-14-10/h2-3,6,9,14H,1,4-5,7-8,13H2,(H,16,17). The van der Waals surface area contributed by atoms with Crippen molar-refractivity contribution in [3.63, 3.8) is 0 Å². The number of Topliss-reactive ketones (excluding diaryl/α,β-unsaturated/α-hetero) is 1. The maximum Gasteiger partial charge on any atom is 0.307 e. The Morgan fingerprint density at radius 1 is 1.47 bits per heavy atom. The van der Waals surface area contributed by atoms with Gasteiger partial charge in [-0.15, -0.1) is 0 Å². The van der Waals surface area contributed by atoms with Crippen LogP contribution in [0.5, 0.6) is 0 Å². The number of hydrogen-bond acceptors (Lipinski definition) is 3. The van der Waals surface area contributed by atoms with Gasteiger partial charge >= 0.3 is 5.97 Å². The van der Waals surface area contributed by atoms with Crippen LogP contribution >= 0.6 is 0 Å². The Hall–Kier alpha value is -1.62. The van der Waals surface area contributed by atoms with Crippen LogP contribution in [0.25, 0.3) is 0 Å². The number of nitrogens with two attached hydrogens (primary N) is 1. The molecular formula is C12H18N2O3. The second-order valence-corrected chi connectivity index (χ2v) is 4.07. The summed E-state index contributed by atoms with van der Waals surface area (Å²) in [6.45, 7) is 0.458. The zero-order valence-electron chi connectivity index (χ0n) is 9.69. The molecule has 1 rings (SSSR count). The van der Waals surface area contributed by atoms with Crippen molar-refractivity contribution in [1.29, 1.82) is 0 Å². The van der Waals surface area contributed by atoms with E-state index in [1.165, 1.54) is 0 Å². The molecular weight excluding hydrogens is 220 g/mol. The third-order valence-electron chi connectivity index (χ3n) is 2.61. The first-order valence-electron chi connectivity index (χ1n) is 5.70. The quantitative estimate of drug-likeness (QED) is 0.628. The van der Waals surface area contributed by atoms with Crippen LogP contribution in [0.3, 0.4) is 0 Å². The van der Waals surface area contributed by atoms with Crippen molar-refractivity contribution in [2.75, 3.05) is 6.54 Å². The number of nitrogens with one attached hydrogen (secondary N) is 1. The highest BCUT2D eigenvalue weighted by Crippen LogP contribution is 2.13. The van der Waals surface area contributed by atoms with E-state index in [4.69, 9.17) is 10.8 Å². The molecule has 5 heteroatoms. The molecule has 1 atom stereocenters. The summed E-state index contributed by atoms with van der Waals surface area (Å²) in [4.78, 5) is 25.5. The van der Waals surface area contributed by atoms with E-state index in [0.717, 1.165) is 5.69 Å². The molecule has 0 aromatic carbocycles. The molecule has 0 fully saturated rings. The number of aromatic amines is 1. The Labute approximate surface area is 100 Å². The Bertz CT molecular complexity index is 360. The maximum atomic E-state index is 11.5. The molecule has 0 saturated carbocycles. The van der Waals surface area contributed by atoms with Gasteiger partial charge in [0.1, 0.15) is 5.78 Å². The number of carboxylic acids is 1. The Morgan fingerprint density at radius 2 is 2.24 bits per heavy atom. The van der Waals surface area contributed by atoms with Gasteiger partial charge in [0.05, 0.1) is 5.92 Å². The lowest BCUT2D eigenvalue weighted by molar-refractivity contribution is -0.143. The molecule has 1 heterocycles. The second-order valence-electron chi connectivity index (χ2n) is 4.07. The van der Waals surface area contributed by atoms with Crippen LogP contribution in [-0.4, -0.2) is 28.4 Å². The molecule has 1 aromatic rings. The lowest BCUT2D eigenvalue weighted by Crippen LogP contribution is -2.21. The van der Waals surface area contributed by atoms with Crippen LogP contribution in [0.2, 0.25) is 0 Å². The summed E-state index contributed by atoms with van der Waals surface area (Å²) in [6, 6.07) is 3.63. The van der Waals surface area contributed by atoms with Gasteiger partial charge in [0, 0.05) is 31.2 Å². The first-order valence-corrected chi connectivity index (χ1v) is 5.70. The van der Waals surface area contributed by atoms with E-state index in [-0.39, 0.29) is 12.2 Å². The molecule has 0 saturated heterocycles. The third kappa shape index (κ3) is 4.82. The summed E-state index contributed by atoms with van der Waals surface area (Å²) in [5, 5.41) is 9.06. The number of ketones is 1. The van der Waals surface area contributed by atoms with E-state index in [0.29, 0.717) is 25.8 Å². The van der Waals surface area contributed by atoms with Crippen LogP contribution < -0.4 is 5.73 Å². The number of carboxylic acid groups (broad SMARTS) is 1. The molecule has 0 radical (unpaired) electrons. The van der Waals surface area contributed by atoms with E-state index < -0.39 is 11.9 Å². The van der Waals surface area contributed by atoms with E-state index in [9.17, 15) is 9.59 Å². The number of aliphatic carboxylic acids is 1. The van der Waals surface area contributed by atoms with Crippen LogP contribution in [0, 0.1) is 5.92 Å². The Morgan fingerprint density at radius 3 is 2.76 bits per heavy atom. The zero-order chi connectivity index (χ0) is 12.7.